The van der Waals surface area contributed by atoms with E-state index < -0.39 is 5.91 Å². The van der Waals surface area contributed by atoms with Crippen LogP contribution in [0.2, 0.25) is 10.0 Å². The molecule has 0 fully saturated rings. The third kappa shape index (κ3) is 4.22. The lowest BCUT2D eigenvalue weighted by atomic mass is 10.2. The maximum atomic E-state index is 12.1. The number of nitriles is 1. The second kappa shape index (κ2) is 7.46. The van der Waals surface area contributed by atoms with E-state index in [1.807, 2.05) is 6.07 Å². The standard InChI is InChI=1S/C15H10Cl2N4O/c16-11-3-4-13(17)14(6-11)21-15(22)10(7-18)8-20-12-2-1-5-19-9-12/h1-6,8-9,20H,(H,21,22)/b10-8-. The van der Waals surface area contributed by atoms with Crippen molar-refractivity contribution in [1.29, 1.82) is 5.26 Å². The van der Waals surface area contributed by atoms with Gasteiger partial charge >= 0.3 is 0 Å². The number of nitrogens with one attached hydrogen (secondary N) is 2. The van der Waals surface area contributed by atoms with E-state index in [-0.39, 0.29) is 5.57 Å². The summed E-state index contributed by atoms with van der Waals surface area (Å²) < 4.78 is 0. The molecule has 1 aromatic heterocycles. The zero-order valence-corrected chi connectivity index (χ0v) is 12.7. The van der Waals surface area contributed by atoms with Crippen molar-refractivity contribution in [1.82, 2.24) is 4.98 Å². The van der Waals surface area contributed by atoms with Gasteiger partial charge < -0.3 is 10.6 Å². The Morgan fingerprint density at radius 2 is 2.14 bits per heavy atom. The van der Waals surface area contributed by atoms with Crippen molar-refractivity contribution < 1.29 is 4.79 Å². The van der Waals surface area contributed by atoms with Gasteiger partial charge in [-0.25, -0.2) is 0 Å². The molecule has 1 aromatic carbocycles. The van der Waals surface area contributed by atoms with Gasteiger partial charge in [-0.2, -0.15) is 5.26 Å². The van der Waals surface area contributed by atoms with Gasteiger partial charge in [-0.05, 0) is 30.3 Å². The summed E-state index contributed by atoms with van der Waals surface area (Å²) >= 11 is 11.8. The monoisotopic (exact) mass is 332 g/mol. The lowest BCUT2D eigenvalue weighted by Gasteiger charge is -2.07. The molecule has 5 nitrogen and oxygen atoms in total. The highest BCUT2D eigenvalue weighted by Crippen LogP contribution is 2.25. The maximum absolute atomic E-state index is 12.1. The highest BCUT2D eigenvalue weighted by Gasteiger charge is 2.11. The predicted molar refractivity (Wildman–Crippen MR) is 86.6 cm³/mol. The average Bonchev–Trinajstić information content (AvgIpc) is 2.52. The van der Waals surface area contributed by atoms with Crippen LogP contribution in [0.15, 0.2) is 54.5 Å². The Morgan fingerprint density at radius 3 is 2.82 bits per heavy atom. The van der Waals surface area contributed by atoms with Crippen LogP contribution in [0.3, 0.4) is 0 Å². The Hall–Kier alpha value is -2.55. The number of hydrogen-bond acceptors (Lipinski definition) is 4. The molecular formula is C15H10Cl2N4O. The van der Waals surface area contributed by atoms with Crippen LogP contribution in [-0.2, 0) is 4.79 Å². The summed E-state index contributed by atoms with van der Waals surface area (Å²) in [4.78, 5) is 16.0. The summed E-state index contributed by atoms with van der Waals surface area (Å²) in [7, 11) is 0. The molecule has 0 atom stereocenters. The molecule has 1 amide bonds. The van der Waals surface area contributed by atoms with E-state index in [9.17, 15) is 4.79 Å². The Labute approximate surface area is 137 Å². The third-order valence-electron chi connectivity index (χ3n) is 2.59. The molecule has 0 spiro atoms. The van der Waals surface area contributed by atoms with E-state index >= 15 is 0 Å². The van der Waals surface area contributed by atoms with Crippen molar-refractivity contribution >= 4 is 40.5 Å². The third-order valence-corrected chi connectivity index (χ3v) is 3.15. The van der Waals surface area contributed by atoms with Gasteiger partial charge in [-0.3, -0.25) is 9.78 Å². The van der Waals surface area contributed by atoms with Crippen molar-refractivity contribution in [2.75, 3.05) is 10.6 Å². The molecule has 0 saturated heterocycles. The number of pyridine rings is 1. The van der Waals surface area contributed by atoms with Gasteiger partial charge in [0, 0.05) is 17.4 Å². The van der Waals surface area contributed by atoms with Gasteiger partial charge in [-0.1, -0.05) is 23.2 Å². The zero-order chi connectivity index (χ0) is 15.9. The van der Waals surface area contributed by atoms with Crippen LogP contribution < -0.4 is 10.6 Å². The van der Waals surface area contributed by atoms with Crippen molar-refractivity contribution in [2.24, 2.45) is 0 Å². The normalized spacial score (nSPS) is 10.7. The number of amides is 1. The van der Waals surface area contributed by atoms with E-state index in [0.29, 0.717) is 21.4 Å². The predicted octanol–water partition coefficient (Wildman–Crippen LogP) is 3.85. The van der Waals surface area contributed by atoms with E-state index in [0.717, 1.165) is 0 Å². The van der Waals surface area contributed by atoms with E-state index in [1.54, 1.807) is 36.7 Å². The quantitative estimate of drug-likeness (QED) is 0.658. The number of aromatic nitrogens is 1. The lowest BCUT2D eigenvalue weighted by molar-refractivity contribution is -0.112. The van der Waals surface area contributed by atoms with Crippen LogP contribution in [0, 0.1) is 11.3 Å². The SMILES string of the molecule is N#C/C(=C/Nc1cccnc1)C(=O)Nc1cc(Cl)ccc1Cl. The maximum Gasteiger partial charge on any atom is 0.267 e. The molecule has 0 aliphatic carbocycles. The Bertz CT molecular complexity index is 754. The van der Waals surface area contributed by atoms with Crippen LogP contribution in [0.25, 0.3) is 0 Å². The second-order valence-corrected chi connectivity index (χ2v) is 4.98. The second-order valence-electron chi connectivity index (χ2n) is 4.13. The fourth-order valence-corrected chi connectivity index (χ4v) is 1.87. The van der Waals surface area contributed by atoms with Gasteiger partial charge in [0.05, 0.1) is 22.6 Å². The fourth-order valence-electron chi connectivity index (χ4n) is 1.54. The fraction of sp³-hybridized carbons (Fsp3) is 0. The first kappa shape index (κ1) is 15.8. The minimum absolute atomic E-state index is 0.111. The van der Waals surface area contributed by atoms with Crippen molar-refractivity contribution in [3.05, 3.63) is 64.5 Å². The topological polar surface area (TPSA) is 77.8 Å². The number of nitrogens with zero attached hydrogens (tertiary/aromatic N) is 2. The molecule has 0 bridgehead atoms. The molecule has 0 aliphatic heterocycles. The molecule has 22 heavy (non-hydrogen) atoms. The summed E-state index contributed by atoms with van der Waals surface area (Å²) in [5, 5.41) is 15.2. The molecule has 1 heterocycles. The number of carbonyl (C=O) groups is 1. The number of anilines is 2. The Morgan fingerprint density at radius 1 is 1.32 bits per heavy atom. The van der Waals surface area contributed by atoms with Crippen LogP contribution in [0.4, 0.5) is 11.4 Å². The van der Waals surface area contributed by atoms with Crippen molar-refractivity contribution in [3.63, 3.8) is 0 Å². The molecular weight excluding hydrogens is 323 g/mol. The van der Waals surface area contributed by atoms with Gasteiger partial charge in [0.25, 0.3) is 5.91 Å². The smallest absolute Gasteiger partial charge is 0.267 e. The summed E-state index contributed by atoms with van der Waals surface area (Å²) in [6.07, 6.45) is 4.48. The van der Waals surface area contributed by atoms with Crippen LogP contribution in [0.1, 0.15) is 0 Å². The number of halogens is 2. The van der Waals surface area contributed by atoms with Crippen molar-refractivity contribution in [2.45, 2.75) is 0 Å². The van der Waals surface area contributed by atoms with E-state index in [1.165, 1.54) is 12.3 Å². The Kier molecular flexibility index (Phi) is 5.37. The largest absolute Gasteiger partial charge is 0.359 e. The van der Waals surface area contributed by atoms with Crippen LogP contribution in [0.5, 0.6) is 0 Å². The zero-order valence-electron chi connectivity index (χ0n) is 11.2. The van der Waals surface area contributed by atoms with Gasteiger partial charge in [0.2, 0.25) is 0 Å². The Balaban J connectivity index is 2.12. The molecule has 0 aliphatic rings. The van der Waals surface area contributed by atoms with Gasteiger partial charge in [0.1, 0.15) is 11.6 Å². The molecule has 2 rings (SSSR count). The molecule has 0 radical (unpaired) electrons. The molecule has 2 N–H and O–H groups in total. The molecule has 2 aromatic rings. The first-order valence-electron chi connectivity index (χ1n) is 6.13. The number of carbonyl (C=O) groups excluding carboxylic acids is 1. The van der Waals surface area contributed by atoms with Crippen LogP contribution >= 0.6 is 23.2 Å². The molecule has 110 valence electrons. The van der Waals surface area contributed by atoms with Crippen molar-refractivity contribution in [3.8, 4) is 6.07 Å². The highest BCUT2D eigenvalue weighted by atomic mass is 35.5. The summed E-state index contributed by atoms with van der Waals surface area (Å²) in [6.45, 7) is 0. The van der Waals surface area contributed by atoms with E-state index in [4.69, 9.17) is 28.5 Å². The number of rotatable bonds is 4. The summed E-state index contributed by atoms with van der Waals surface area (Å²) in [6, 6.07) is 9.97. The van der Waals surface area contributed by atoms with Crippen LogP contribution in [-0.4, -0.2) is 10.9 Å². The summed E-state index contributed by atoms with van der Waals surface area (Å²) in [5.41, 5.74) is 0.880. The molecule has 7 heteroatoms. The average molecular weight is 333 g/mol. The van der Waals surface area contributed by atoms with E-state index in [2.05, 4.69) is 15.6 Å². The number of hydrogen-bond donors (Lipinski definition) is 2. The molecule has 0 saturated carbocycles. The minimum Gasteiger partial charge on any atom is -0.359 e. The first-order valence-corrected chi connectivity index (χ1v) is 6.89. The summed E-state index contributed by atoms with van der Waals surface area (Å²) in [5.74, 6) is -0.594. The highest BCUT2D eigenvalue weighted by molar-refractivity contribution is 6.35. The van der Waals surface area contributed by atoms with Gasteiger partial charge in [-0.15, -0.1) is 0 Å². The molecule has 0 unspecified atom stereocenters. The minimum atomic E-state index is -0.594. The first-order chi connectivity index (χ1) is 10.6. The lowest BCUT2D eigenvalue weighted by Crippen LogP contribution is -2.14. The van der Waals surface area contributed by atoms with Gasteiger partial charge in [0.15, 0.2) is 0 Å². The number of benzene rings is 1.